The lowest BCUT2D eigenvalue weighted by molar-refractivity contribution is 0.0783. The van der Waals surface area contributed by atoms with Crippen molar-refractivity contribution in [3.05, 3.63) is 45.4 Å². The molecule has 0 aliphatic rings. The fourth-order valence-corrected chi connectivity index (χ4v) is 2.22. The first-order chi connectivity index (χ1) is 8.58. The van der Waals surface area contributed by atoms with Gasteiger partial charge in [0.15, 0.2) is 0 Å². The summed E-state index contributed by atoms with van der Waals surface area (Å²) in [5.41, 5.74) is 3.02. The van der Waals surface area contributed by atoms with Crippen molar-refractivity contribution in [2.45, 2.75) is 6.54 Å². The minimum absolute atomic E-state index is 0.0321. The number of aromatic hydroxyl groups is 1. The highest BCUT2D eigenvalue weighted by Gasteiger charge is 2.14. The molecule has 0 unspecified atom stereocenters. The van der Waals surface area contributed by atoms with E-state index in [9.17, 15) is 9.90 Å². The van der Waals surface area contributed by atoms with E-state index in [-0.39, 0.29) is 16.7 Å². The van der Waals surface area contributed by atoms with Crippen LogP contribution in [-0.4, -0.2) is 27.9 Å². The number of thiazole rings is 1. The van der Waals surface area contributed by atoms with Crippen LogP contribution in [0, 0.1) is 0 Å². The summed E-state index contributed by atoms with van der Waals surface area (Å²) in [7, 11) is 1.70. The first kappa shape index (κ1) is 12.9. The van der Waals surface area contributed by atoms with Crippen molar-refractivity contribution in [3.63, 3.8) is 0 Å². The van der Waals surface area contributed by atoms with Gasteiger partial charge in [-0.1, -0.05) is 11.6 Å². The number of amides is 1. The summed E-state index contributed by atoms with van der Waals surface area (Å²) in [6, 6.07) is 4.41. The Balaban J connectivity index is 2.12. The molecule has 0 spiro atoms. The van der Waals surface area contributed by atoms with E-state index in [0.717, 1.165) is 5.69 Å². The smallest absolute Gasteiger partial charge is 0.254 e. The quantitative estimate of drug-likeness (QED) is 0.942. The van der Waals surface area contributed by atoms with E-state index in [1.165, 1.54) is 23.5 Å². The third kappa shape index (κ3) is 2.80. The molecule has 0 saturated heterocycles. The zero-order chi connectivity index (χ0) is 13.1. The summed E-state index contributed by atoms with van der Waals surface area (Å²) >= 11 is 7.26. The number of hydrogen-bond acceptors (Lipinski definition) is 4. The fourth-order valence-electron chi connectivity index (χ4n) is 1.49. The number of rotatable bonds is 3. The van der Waals surface area contributed by atoms with E-state index in [2.05, 4.69) is 4.98 Å². The number of hydrogen-bond donors (Lipinski definition) is 1. The van der Waals surface area contributed by atoms with Crippen molar-refractivity contribution in [2.75, 3.05) is 7.05 Å². The highest BCUT2D eigenvalue weighted by molar-refractivity contribution is 7.07. The lowest BCUT2D eigenvalue weighted by atomic mass is 10.2. The highest BCUT2D eigenvalue weighted by Crippen LogP contribution is 2.24. The van der Waals surface area contributed by atoms with Gasteiger partial charge in [-0.2, -0.15) is 0 Å². The Bertz CT molecular complexity index is 557. The van der Waals surface area contributed by atoms with Gasteiger partial charge in [-0.15, -0.1) is 11.3 Å². The third-order valence-corrected chi connectivity index (χ3v) is 3.36. The van der Waals surface area contributed by atoms with Gasteiger partial charge in [0.1, 0.15) is 5.75 Å². The van der Waals surface area contributed by atoms with Gasteiger partial charge >= 0.3 is 0 Å². The van der Waals surface area contributed by atoms with Crippen molar-refractivity contribution in [1.82, 2.24) is 9.88 Å². The molecule has 0 aliphatic carbocycles. The summed E-state index contributed by atoms with van der Waals surface area (Å²) < 4.78 is 0. The number of nitrogens with zero attached hydrogens (tertiary/aromatic N) is 2. The van der Waals surface area contributed by atoms with Gasteiger partial charge < -0.3 is 10.0 Å². The van der Waals surface area contributed by atoms with Crippen LogP contribution in [0.1, 0.15) is 16.1 Å². The minimum Gasteiger partial charge on any atom is -0.506 e. The van der Waals surface area contributed by atoms with Gasteiger partial charge in [-0.3, -0.25) is 4.79 Å². The van der Waals surface area contributed by atoms with Crippen LogP contribution in [0.2, 0.25) is 5.02 Å². The first-order valence-corrected chi connectivity index (χ1v) is 6.51. The van der Waals surface area contributed by atoms with Crippen LogP contribution in [0.4, 0.5) is 0 Å². The summed E-state index contributed by atoms with van der Waals surface area (Å²) in [5, 5.41) is 11.4. The number of carbonyl (C=O) groups is 1. The maximum absolute atomic E-state index is 12.1. The van der Waals surface area contributed by atoms with Crippen LogP contribution in [0.15, 0.2) is 29.1 Å². The molecule has 2 rings (SSSR count). The molecule has 0 bridgehead atoms. The number of aromatic nitrogens is 1. The van der Waals surface area contributed by atoms with Gasteiger partial charge in [-0.05, 0) is 18.2 Å². The molecule has 0 atom stereocenters. The van der Waals surface area contributed by atoms with Crippen molar-refractivity contribution < 1.29 is 9.90 Å². The summed E-state index contributed by atoms with van der Waals surface area (Å²) in [5.74, 6) is -0.194. The van der Waals surface area contributed by atoms with Crippen LogP contribution in [0.5, 0.6) is 5.75 Å². The van der Waals surface area contributed by atoms with E-state index in [4.69, 9.17) is 11.6 Å². The van der Waals surface area contributed by atoms with Crippen molar-refractivity contribution >= 4 is 28.8 Å². The van der Waals surface area contributed by atoms with Crippen LogP contribution in [-0.2, 0) is 6.54 Å². The third-order valence-electron chi connectivity index (χ3n) is 2.42. The molecular formula is C12H11ClN2O2S. The molecule has 1 N–H and O–H groups in total. The average Bonchev–Trinajstić information content (AvgIpc) is 2.84. The molecule has 4 nitrogen and oxygen atoms in total. The molecule has 1 heterocycles. The van der Waals surface area contributed by atoms with E-state index in [0.29, 0.717) is 12.1 Å². The van der Waals surface area contributed by atoms with Gasteiger partial charge in [0.25, 0.3) is 5.91 Å². The lowest BCUT2D eigenvalue weighted by Gasteiger charge is -2.16. The Morgan fingerprint density at radius 1 is 1.56 bits per heavy atom. The summed E-state index contributed by atoms with van der Waals surface area (Å²) in [4.78, 5) is 17.8. The maximum Gasteiger partial charge on any atom is 0.254 e. The normalized spacial score (nSPS) is 10.3. The predicted molar refractivity (Wildman–Crippen MR) is 71.0 cm³/mol. The van der Waals surface area contributed by atoms with Crippen molar-refractivity contribution in [2.24, 2.45) is 0 Å². The monoisotopic (exact) mass is 282 g/mol. The van der Waals surface area contributed by atoms with Crippen LogP contribution in [0.25, 0.3) is 0 Å². The van der Waals surface area contributed by atoms with Crippen molar-refractivity contribution in [1.29, 1.82) is 0 Å². The molecule has 0 aliphatic heterocycles. The number of carbonyl (C=O) groups excluding carboxylic acids is 1. The second-order valence-electron chi connectivity index (χ2n) is 3.81. The lowest BCUT2D eigenvalue weighted by Crippen LogP contribution is -2.26. The van der Waals surface area contributed by atoms with Gasteiger partial charge in [-0.25, -0.2) is 4.98 Å². The summed E-state index contributed by atoms with van der Waals surface area (Å²) in [6.07, 6.45) is 0. The Morgan fingerprint density at radius 3 is 2.94 bits per heavy atom. The van der Waals surface area contributed by atoms with Crippen LogP contribution >= 0.6 is 22.9 Å². The molecular weight excluding hydrogens is 272 g/mol. The molecule has 1 aromatic heterocycles. The van der Waals surface area contributed by atoms with Gasteiger partial charge in [0.2, 0.25) is 0 Å². The SMILES string of the molecule is CN(Cc1cscn1)C(=O)c1ccc(O)c(Cl)c1. The Hall–Kier alpha value is -1.59. The second kappa shape index (κ2) is 5.37. The Morgan fingerprint density at radius 2 is 2.33 bits per heavy atom. The number of phenols is 1. The van der Waals surface area contributed by atoms with E-state index in [1.807, 2.05) is 5.38 Å². The number of halogens is 1. The zero-order valence-corrected chi connectivity index (χ0v) is 11.2. The first-order valence-electron chi connectivity index (χ1n) is 5.19. The molecule has 1 aromatic carbocycles. The zero-order valence-electron chi connectivity index (χ0n) is 9.63. The summed E-state index contributed by atoms with van der Waals surface area (Å²) in [6.45, 7) is 0.445. The number of phenolic OH excluding ortho intramolecular Hbond substituents is 1. The molecule has 2 aromatic rings. The maximum atomic E-state index is 12.1. The standard InChI is InChI=1S/C12H11ClN2O2S/c1-15(5-9-6-18-7-14-9)12(17)8-2-3-11(16)10(13)4-8/h2-4,6-7,16H,5H2,1H3. The molecule has 6 heteroatoms. The molecule has 0 fully saturated rings. The largest absolute Gasteiger partial charge is 0.506 e. The average molecular weight is 283 g/mol. The Labute approximate surface area is 113 Å². The Kier molecular flexibility index (Phi) is 3.84. The molecule has 0 radical (unpaired) electrons. The second-order valence-corrected chi connectivity index (χ2v) is 4.93. The predicted octanol–water partition coefficient (Wildman–Crippen LogP) is 2.77. The van der Waals surface area contributed by atoms with Gasteiger partial charge in [0.05, 0.1) is 22.8 Å². The molecule has 18 heavy (non-hydrogen) atoms. The van der Waals surface area contributed by atoms with Crippen molar-refractivity contribution in [3.8, 4) is 5.75 Å². The fraction of sp³-hybridized carbons (Fsp3) is 0.167. The number of benzene rings is 1. The van der Waals surface area contributed by atoms with E-state index < -0.39 is 0 Å². The molecule has 1 amide bonds. The van der Waals surface area contributed by atoms with E-state index in [1.54, 1.807) is 23.5 Å². The van der Waals surface area contributed by atoms with E-state index >= 15 is 0 Å². The highest BCUT2D eigenvalue weighted by atomic mass is 35.5. The minimum atomic E-state index is -0.162. The molecule has 94 valence electrons. The molecule has 0 saturated carbocycles. The topological polar surface area (TPSA) is 53.4 Å². The van der Waals surface area contributed by atoms with Crippen LogP contribution in [0.3, 0.4) is 0 Å². The van der Waals surface area contributed by atoms with Gasteiger partial charge in [0, 0.05) is 18.0 Å². The van der Waals surface area contributed by atoms with Crippen LogP contribution < -0.4 is 0 Å².